The van der Waals surface area contributed by atoms with E-state index in [1.54, 1.807) is 0 Å². The molecule has 0 radical (unpaired) electrons. The van der Waals surface area contributed by atoms with E-state index in [2.05, 4.69) is 10.6 Å². The van der Waals surface area contributed by atoms with Gasteiger partial charge in [0.2, 0.25) is 0 Å². The Balaban J connectivity index is 2.13. The van der Waals surface area contributed by atoms with E-state index in [4.69, 9.17) is 11.0 Å². The molecule has 1 amide bonds. The van der Waals surface area contributed by atoms with Gasteiger partial charge in [-0.05, 0) is 12.8 Å². The Morgan fingerprint density at radius 2 is 2.19 bits per heavy atom. The van der Waals surface area contributed by atoms with Crippen LogP contribution in [0, 0.1) is 11.3 Å². The van der Waals surface area contributed by atoms with Gasteiger partial charge in [0.1, 0.15) is 31.3 Å². The number of amides is 1. The van der Waals surface area contributed by atoms with Crippen molar-refractivity contribution in [2.75, 3.05) is 29.6 Å². The van der Waals surface area contributed by atoms with Crippen LogP contribution in [0.3, 0.4) is 0 Å². The number of anilines is 2. The minimum atomic E-state index is -3.09. The van der Waals surface area contributed by atoms with E-state index in [-0.39, 0.29) is 35.5 Å². The number of nitriles is 1. The van der Waals surface area contributed by atoms with Crippen LogP contribution < -0.4 is 16.4 Å². The molecule has 9 heteroatoms. The third-order valence-corrected chi connectivity index (χ3v) is 5.04. The quantitative estimate of drug-likeness (QED) is 0.700. The zero-order valence-electron chi connectivity index (χ0n) is 11.5. The molecule has 1 aliphatic rings. The molecule has 21 heavy (non-hydrogen) atoms. The maximum Gasteiger partial charge on any atom is 0.263 e. The van der Waals surface area contributed by atoms with Gasteiger partial charge >= 0.3 is 0 Å². The zero-order valence-corrected chi connectivity index (χ0v) is 13.1. The molecule has 1 heterocycles. The van der Waals surface area contributed by atoms with Crippen LogP contribution in [-0.2, 0) is 9.84 Å². The smallest absolute Gasteiger partial charge is 0.263 e. The van der Waals surface area contributed by atoms with E-state index in [0.29, 0.717) is 9.88 Å². The molecule has 1 aromatic heterocycles. The highest BCUT2D eigenvalue weighted by molar-refractivity contribution is 7.90. The van der Waals surface area contributed by atoms with Crippen molar-refractivity contribution in [2.45, 2.75) is 18.9 Å². The van der Waals surface area contributed by atoms with Crippen molar-refractivity contribution in [3.05, 3.63) is 10.4 Å². The summed E-state index contributed by atoms with van der Waals surface area (Å²) >= 11 is 1.07. The molecule has 0 atom stereocenters. The first-order chi connectivity index (χ1) is 9.81. The van der Waals surface area contributed by atoms with Crippen molar-refractivity contribution < 1.29 is 13.2 Å². The van der Waals surface area contributed by atoms with Gasteiger partial charge in [-0.15, -0.1) is 11.3 Å². The number of carbonyl (C=O) groups excluding carboxylic acids is 1. The van der Waals surface area contributed by atoms with Gasteiger partial charge in [0.15, 0.2) is 0 Å². The van der Waals surface area contributed by atoms with Gasteiger partial charge < -0.3 is 16.4 Å². The molecular formula is C12H16N4O3S2. The molecule has 0 unspecified atom stereocenters. The molecule has 7 nitrogen and oxygen atoms in total. The molecule has 4 N–H and O–H groups in total. The maximum atomic E-state index is 12.0. The monoisotopic (exact) mass is 328 g/mol. The molecule has 1 saturated carbocycles. The molecule has 1 aliphatic carbocycles. The van der Waals surface area contributed by atoms with Crippen LogP contribution in [0.5, 0.6) is 0 Å². The number of hydrogen-bond acceptors (Lipinski definition) is 7. The van der Waals surface area contributed by atoms with Crippen LogP contribution in [0.2, 0.25) is 0 Å². The predicted octanol–water partition coefficient (Wildman–Crippen LogP) is 0.551. The summed E-state index contributed by atoms with van der Waals surface area (Å²) in [5.74, 6) is -0.341. The van der Waals surface area contributed by atoms with Crippen LogP contribution in [-0.4, -0.2) is 38.9 Å². The average molecular weight is 328 g/mol. The van der Waals surface area contributed by atoms with Gasteiger partial charge in [-0.1, -0.05) is 0 Å². The second-order valence-corrected chi connectivity index (χ2v) is 8.25. The number of nitrogens with zero attached hydrogens (tertiary/aromatic N) is 1. The second-order valence-electron chi connectivity index (χ2n) is 4.97. The van der Waals surface area contributed by atoms with E-state index < -0.39 is 9.84 Å². The van der Waals surface area contributed by atoms with Crippen LogP contribution in [0.1, 0.15) is 28.1 Å². The van der Waals surface area contributed by atoms with Crippen molar-refractivity contribution in [2.24, 2.45) is 0 Å². The topological polar surface area (TPSA) is 125 Å². The van der Waals surface area contributed by atoms with Gasteiger partial charge in [-0.3, -0.25) is 4.79 Å². The van der Waals surface area contributed by atoms with E-state index in [0.717, 1.165) is 30.4 Å². The lowest BCUT2D eigenvalue weighted by atomic mass is 10.2. The van der Waals surface area contributed by atoms with E-state index in [1.165, 1.54) is 0 Å². The van der Waals surface area contributed by atoms with Gasteiger partial charge in [-0.25, -0.2) is 8.42 Å². The first-order valence-corrected chi connectivity index (χ1v) is 9.24. The molecule has 1 fully saturated rings. The minimum Gasteiger partial charge on any atom is -0.396 e. The largest absolute Gasteiger partial charge is 0.396 e. The number of nitrogen functional groups attached to an aromatic ring is 1. The highest BCUT2D eigenvalue weighted by atomic mass is 32.2. The molecule has 0 bridgehead atoms. The number of nitrogens with two attached hydrogens (primary N) is 1. The van der Waals surface area contributed by atoms with Crippen molar-refractivity contribution in [1.29, 1.82) is 5.26 Å². The molecule has 2 rings (SSSR count). The van der Waals surface area contributed by atoms with E-state index in [1.807, 2.05) is 6.07 Å². The summed E-state index contributed by atoms with van der Waals surface area (Å²) in [6.45, 7) is 0.164. The summed E-state index contributed by atoms with van der Waals surface area (Å²) in [7, 11) is -3.09. The lowest BCUT2D eigenvalue weighted by Crippen LogP contribution is -2.25. The molecular weight excluding hydrogens is 312 g/mol. The summed E-state index contributed by atoms with van der Waals surface area (Å²) in [4.78, 5) is 12.3. The van der Waals surface area contributed by atoms with Crippen LogP contribution in [0.25, 0.3) is 0 Å². The third kappa shape index (κ3) is 4.09. The fraction of sp³-hybridized carbons (Fsp3) is 0.500. The molecule has 1 aromatic rings. The number of rotatable bonds is 6. The summed E-state index contributed by atoms with van der Waals surface area (Å²) in [5, 5.41) is 15.2. The summed E-state index contributed by atoms with van der Waals surface area (Å²) < 4.78 is 22.2. The number of carbonyl (C=O) groups is 1. The predicted molar refractivity (Wildman–Crippen MR) is 82.1 cm³/mol. The van der Waals surface area contributed by atoms with Crippen LogP contribution >= 0.6 is 11.3 Å². The van der Waals surface area contributed by atoms with Crippen molar-refractivity contribution in [3.63, 3.8) is 0 Å². The van der Waals surface area contributed by atoms with E-state index >= 15 is 0 Å². The fourth-order valence-corrected chi connectivity index (χ4v) is 3.15. The first kappa shape index (κ1) is 15.6. The van der Waals surface area contributed by atoms with E-state index in [9.17, 15) is 13.2 Å². The number of sulfone groups is 1. The van der Waals surface area contributed by atoms with Gasteiger partial charge in [0.25, 0.3) is 5.91 Å². The minimum absolute atomic E-state index is 0.0563. The van der Waals surface area contributed by atoms with Crippen LogP contribution in [0.4, 0.5) is 10.7 Å². The number of hydrogen-bond donors (Lipinski definition) is 3. The van der Waals surface area contributed by atoms with Gasteiger partial charge in [0, 0.05) is 18.8 Å². The first-order valence-electron chi connectivity index (χ1n) is 6.36. The lowest BCUT2D eigenvalue weighted by Gasteiger charge is -2.02. The zero-order chi connectivity index (χ0) is 15.6. The molecule has 0 aromatic carbocycles. The molecule has 0 spiro atoms. The highest BCUT2D eigenvalue weighted by Gasteiger charge is 2.27. The highest BCUT2D eigenvalue weighted by Crippen LogP contribution is 2.35. The molecule has 0 aliphatic heterocycles. The second kappa shape index (κ2) is 5.91. The maximum absolute atomic E-state index is 12.0. The average Bonchev–Trinajstić information content (AvgIpc) is 3.12. The fourth-order valence-electron chi connectivity index (χ4n) is 1.68. The molecule has 0 saturated heterocycles. The third-order valence-electron chi connectivity index (χ3n) is 2.93. The lowest BCUT2D eigenvalue weighted by molar-refractivity contribution is 0.0956. The number of thiophene rings is 1. The normalized spacial score (nSPS) is 14.5. The Bertz CT molecular complexity index is 699. The van der Waals surface area contributed by atoms with Crippen molar-refractivity contribution in [3.8, 4) is 6.07 Å². The van der Waals surface area contributed by atoms with Crippen molar-refractivity contribution in [1.82, 2.24) is 5.32 Å². The Kier molecular flexibility index (Phi) is 4.39. The summed E-state index contributed by atoms with van der Waals surface area (Å²) in [6, 6.07) is 2.15. The Hall–Kier alpha value is -1.79. The Morgan fingerprint density at radius 3 is 2.71 bits per heavy atom. The Labute approximate surface area is 127 Å². The number of nitrogens with one attached hydrogen (secondary N) is 2. The van der Waals surface area contributed by atoms with Crippen LogP contribution in [0.15, 0.2) is 0 Å². The SMILES string of the molecule is CS(=O)(=O)CCNc1sc(C(=O)NC2CC2)c(N)c1C#N. The summed E-state index contributed by atoms with van der Waals surface area (Å²) in [5.41, 5.74) is 6.17. The standard InChI is InChI=1S/C12H16N4O3S2/c1-21(18,19)5-4-15-12-8(6-13)9(14)10(20-12)11(17)16-7-2-3-7/h7,15H,2-5,14H2,1H3,(H,16,17). The molecule has 114 valence electrons. The van der Waals surface area contributed by atoms with Crippen molar-refractivity contribution >= 4 is 37.8 Å². The summed E-state index contributed by atoms with van der Waals surface area (Å²) in [6.07, 6.45) is 3.06. The van der Waals surface area contributed by atoms with Gasteiger partial charge in [-0.2, -0.15) is 5.26 Å². The van der Waals surface area contributed by atoms with Gasteiger partial charge in [0.05, 0.1) is 11.4 Å². The Morgan fingerprint density at radius 1 is 1.52 bits per heavy atom.